The number of hydrogen-bond donors (Lipinski definition) is 2. The largest absolute Gasteiger partial charge is 0.492 e. The molecule has 3 aromatic rings. The predicted molar refractivity (Wildman–Crippen MR) is 129 cm³/mol. The average molecular weight is 461 g/mol. The van der Waals surface area contributed by atoms with Crippen LogP contribution in [-0.2, 0) is 20.7 Å². The van der Waals surface area contributed by atoms with Gasteiger partial charge in [0.05, 0.1) is 7.11 Å². The van der Waals surface area contributed by atoms with E-state index >= 15 is 0 Å². The van der Waals surface area contributed by atoms with Crippen molar-refractivity contribution in [3.63, 3.8) is 0 Å². The lowest BCUT2D eigenvalue weighted by molar-refractivity contribution is -0.143. The molecule has 0 bridgehead atoms. The van der Waals surface area contributed by atoms with E-state index in [1.54, 1.807) is 12.1 Å². The Morgan fingerprint density at radius 2 is 1.56 bits per heavy atom. The highest BCUT2D eigenvalue weighted by atomic mass is 16.6. The summed E-state index contributed by atoms with van der Waals surface area (Å²) in [6.45, 7) is 1.02. The molecular formula is C27H28N2O5. The van der Waals surface area contributed by atoms with Crippen molar-refractivity contribution in [3.8, 4) is 16.9 Å². The van der Waals surface area contributed by atoms with Gasteiger partial charge in [0.15, 0.2) is 0 Å². The topological polar surface area (TPSA) is 99.9 Å². The summed E-state index contributed by atoms with van der Waals surface area (Å²) in [7, 11) is 1.29. The van der Waals surface area contributed by atoms with E-state index in [9.17, 15) is 9.59 Å². The molecule has 0 fully saturated rings. The summed E-state index contributed by atoms with van der Waals surface area (Å²) >= 11 is 0. The number of methoxy groups -OCH3 is 1. The molecule has 0 saturated carbocycles. The third-order valence-electron chi connectivity index (χ3n) is 5.87. The maximum Gasteiger partial charge on any atom is 0.407 e. The van der Waals surface area contributed by atoms with Crippen LogP contribution in [0.5, 0.6) is 5.75 Å². The zero-order valence-corrected chi connectivity index (χ0v) is 19.0. The van der Waals surface area contributed by atoms with Crippen LogP contribution < -0.4 is 15.8 Å². The van der Waals surface area contributed by atoms with Gasteiger partial charge in [0.1, 0.15) is 25.0 Å². The van der Waals surface area contributed by atoms with Crippen molar-refractivity contribution in [2.75, 3.05) is 26.9 Å². The lowest BCUT2D eigenvalue weighted by Gasteiger charge is -2.19. The molecule has 0 aromatic heterocycles. The minimum absolute atomic E-state index is 0.0595. The number of fused-ring (bicyclic) bond motifs is 3. The Labute approximate surface area is 198 Å². The molecule has 176 valence electrons. The summed E-state index contributed by atoms with van der Waals surface area (Å²) in [6, 6.07) is 22.6. The number of hydrogen-bond acceptors (Lipinski definition) is 6. The summed E-state index contributed by atoms with van der Waals surface area (Å²) in [5, 5.41) is 2.65. The molecule has 1 amide bonds. The Kier molecular flexibility index (Phi) is 7.44. The van der Waals surface area contributed by atoms with Crippen LogP contribution in [0.3, 0.4) is 0 Å². The molecule has 0 unspecified atom stereocenters. The molecule has 0 radical (unpaired) electrons. The first-order valence-electron chi connectivity index (χ1n) is 11.2. The number of carbonyl (C=O) groups excluding carboxylic acids is 2. The Morgan fingerprint density at radius 1 is 0.941 bits per heavy atom. The average Bonchev–Trinajstić information content (AvgIpc) is 3.20. The Morgan fingerprint density at radius 3 is 2.15 bits per heavy atom. The number of nitrogens with one attached hydrogen (secondary N) is 1. The highest BCUT2D eigenvalue weighted by Gasteiger charge is 2.30. The summed E-state index contributed by atoms with van der Waals surface area (Å²) in [4.78, 5) is 25.0. The molecule has 4 rings (SSSR count). The van der Waals surface area contributed by atoms with Crippen LogP contribution in [0.1, 0.15) is 22.6 Å². The second-order valence-electron chi connectivity index (χ2n) is 8.03. The van der Waals surface area contributed by atoms with Crippen molar-refractivity contribution in [1.82, 2.24) is 5.32 Å². The number of rotatable bonds is 9. The molecule has 3 N–H and O–H groups in total. The third kappa shape index (κ3) is 5.21. The normalized spacial score (nSPS) is 12.9. The lowest BCUT2D eigenvalue weighted by Crippen LogP contribution is -2.43. The highest BCUT2D eigenvalue weighted by Crippen LogP contribution is 2.44. The standard InChI is InChI=1S/C27H28N2O5/c1-32-26(30)25(16-18-10-12-19(13-11-18)33-15-14-28)29-27(31)34-17-24-22-8-4-2-6-20(22)21-7-3-5-9-23(21)24/h2-13,24-25H,14-17,28H2,1H3,(H,29,31)/t25-/m0/s1. The first-order chi connectivity index (χ1) is 16.6. The maximum atomic E-state index is 12.6. The fourth-order valence-corrected chi connectivity index (χ4v) is 4.25. The molecule has 7 nitrogen and oxygen atoms in total. The van der Waals surface area contributed by atoms with Crippen molar-refractivity contribution in [1.29, 1.82) is 0 Å². The van der Waals surface area contributed by atoms with Crippen molar-refractivity contribution in [2.24, 2.45) is 5.73 Å². The lowest BCUT2D eigenvalue weighted by atomic mass is 9.98. The van der Waals surface area contributed by atoms with E-state index in [1.165, 1.54) is 7.11 Å². The maximum absolute atomic E-state index is 12.6. The predicted octanol–water partition coefficient (Wildman–Crippen LogP) is 3.65. The molecule has 1 aliphatic rings. The molecule has 0 saturated heterocycles. The van der Waals surface area contributed by atoms with Crippen molar-refractivity contribution >= 4 is 12.1 Å². The van der Waals surface area contributed by atoms with Crippen LogP contribution in [0.15, 0.2) is 72.8 Å². The Balaban J connectivity index is 1.40. The second-order valence-corrected chi connectivity index (χ2v) is 8.03. The number of alkyl carbamates (subject to hydrolysis) is 1. The first kappa shape index (κ1) is 23.3. The molecule has 1 aliphatic carbocycles. The van der Waals surface area contributed by atoms with Gasteiger partial charge in [0.25, 0.3) is 0 Å². The molecule has 0 aliphatic heterocycles. The zero-order valence-electron chi connectivity index (χ0n) is 19.0. The van der Waals surface area contributed by atoms with E-state index in [0.29, 0.717) is 18.9 Å². The van der Waals surface area contributed by atoms with Crippen LogP contribution >= 0.6 is 0 Å². The monoisotopic (exact) mass is 460 g/mol. The molecule has 7 heteroatoms. The van der Waals surface area contributed by atoms with E-state index < -0.39 is 18.1 Å². The minimum atomic E-state index is -0.878. The number of esters is 1. The summed E-state index contributed by atoms with van der Waals surface area (Å²) in [5.41, 5.74) is 10.8. The van der Waals surface area contributed by atoms with Gasteiger partial charge in [-0.2, -0.15) is 0 Å². The van der Waals surface area contributed by atoms with Crippen LogP contribution in [0, 0.1) is 0 Å². The van der Waals surface area contributed by atoms with Gasteiger partial charge >= 0.3 is 12.1 Å². The fraction of sp³-hybridized carbons (Fsp3) is 0.259. The summed E-state index contributed by atoms with van der Waals surface area (Å²) in [6.07, 6.45) is -0.409. The van der Waals surface area contributed by atoms with Gasteiger partial charge in [-0.15, -0.1) is 0 Å². The first-order valence-corrected chi connectivity index (χ1v) is 11.2. The van der Waals surface area contributed by atoms with E-state index in [4.69, 9.17) is 19.9 Å². The second kappa shape index (κ2) is 10.9. The van der Waals surface area contributed by atoms with E-state index in [2.05, 4.69) is 29.6 Å². The quantitative estimate of drug-likeness (QED) is 0.473. The molecule has 0 heterocycles. The van der Waals surface area contributed by atoms with Crippen LogP contribution in [0.2, 0.25) is 0 Å². The van der Waals surface area contributed by atoms with Crippen LogP contribution in [-0.4, -0.2) is 45.0 Å². The van der Waals surface area contributed by atoms with Crippen LogP contribution in [0.25, 0.3) is 11.1 Å². The van der Waals surface area contributed by atoms with Gasteiger partial charge < -0.3 is 25.3 Å². The van der Waals surface area contributed by atoms with Gasteiger partial charge in [-0.05, 0) is 39.9 Å². The van der Waals surface area contributed by atoms with Gasteiger partial charge in [-0.25, -0.2) is 9.59 Å². The Hall–Kier alpha value is -3.84. The highest BCUT2D eigenvalue weighted by molar-refractivity contribution is 5.82. The number of amides is 1. The van der Waals surface area contributed by atoms with E-state index in [-0.39, 0.29) is 18.9 Å². The van der Waals surface area contributed by atoms with Gasteiger partial charge in [0, 0.05) is 18.9 Å². The number of benzene rings is 3. The molecule has 3 aromatic carbocycles. The number of nitrogens with two attached hydrogens (primary N) is 1. The number of carbonyl (C=O) groups is 2. The minimum Gasteiger partial charge on any atom is -0.492 e. The fourth-order valence-electron chi connectivity index (χ4n) is 4.25. The van der Waals surface area contributed by atoms with Gasteiger partial charge in [0.2, 0.25) is 0 Å². The van der Waals surface area contributed by atoms with Crippen LogP contribution in [0.4, 0.5) is 4.79 Å². The molecule has 0 spiro atoms. The smallest absolute Gasteiger partial charge is 0.407 e. The van der Waals surface area contributed by atoms with Gasteiger partial charge in [-0.1, -0.05) is 60.7 Å². The SMILES string of the molecule is COC(=O)[C@H](Cc1ccc(OCCN)cc1)NC(=O)OCC1c2ccccc2-c2ccccc21. The number of ether oxygens (including phenoxy) is 3. The third-order valence-corrected chi connectivity index (χ3v) is 5.87. The molecule has 34 heavy (non-hydrogen) atoms. The molecular weight excluding hydrogens is 432 g/mol. The van der Waals surface area contributed by atoms with E-state index in [1.807, 2.05) is 36.4 Å². The van der Waals surface area contributed by atoms with Gasteiger partial charge in [-0.3, -0.25) is 0 Å². The molecule has 1 atom stereocenters. The van der Waals surface area contributed by atoms with Crippen molar-refractivity contribution < 1.29 is 23.8 Å². The van der Waals surface area contributed by atoms with E-state index in [0.717, 1.165) is 27.8 Å². The van der Waals surface area contributed by atoms with Crippen molar-refractivity contribution in [3.05, 3.63) is 89.5 Å². The van der Waals surface area contributed by atoms with Crippen molar-refractivity contribution in [2.45, 2.75) is 18.4 Å². The zero-order chi connectivity index (χ0) is 23.9. The Bertz CT molecular complexity index is 1100. The summed E-state index contributed by atoms with van der Waals surface area (Å²) in [5.74, 6) is 0.0843. The summed E-state index contributed by atoms with van der Waals surface area (Å²) < 4.78 is 15.9.